The highest BCUT2D eigenvalue weighted by Gasteiger charge is 2.22. The number of hydrogen-bond donors (Lipinski definition) is 1. The molecule has 0 bridgehead atoms. The maximum absolute atomic E-state index is 5.33. The van der Waals surface area contributed by atoms with Crippen molar-refractivity contribution >= 4 is 0 Å². The molecule has 4 nitrogen and oxygen atoms in total. The minimum atomic E-state index is 0.410. The number of rotatable bonds is 3. The molecule has 0 saturated carbocycles. The van der Waals surface area contributed by atoms with Crippen LogP contribution in [0.3, 0.4) is 0 Å². The molecule has 1 N–H and O–H groups in total. The lowest BCUT2D eigenvalue weighted by molar-refractivity contribution is 0.464. The predicted octanol–water partition coefficient (Wildman–Crippen LogP) is 3.03. The maximum atomic E-state index is 5.33. The lowest BCUT2D eigenvalue weighted by Crippen LogP contribution is -2.25. The summed E-state index contributed by atoms with van der Waals surface area (Å²) in [6, 6.07) is 2.34. The Morgan fingerprint density at radius 3 is 3.11 bits per heavy atom. The van der Waals surface area contributed by atoms with Gasteiger partial charge in [-0.3, -0.25) is 0 Å². The van der Waals surface area contributed by atoms with Crippen LogP contribution in [0.5, 0.6) is 0 Å². The Morgan fingerprint density at radius 1 is 1.47 bits per heavy atom. The summed E-state index contributed by atoms with van der Waals surface area (Å²) >= 11 is 0. The largest absolute Gasteiger partial charge is 0.469 e. The monoisotopic (exact) mass is 257 g/mol. The summed E-state index contributed by atoms with van der Waals surface area (Å²) < 4.78 is 5.33. The summed E-state index contributed by atoms with van der Waals surface area (Å²) in [5.74, 6) is 1.65. The molecule has 0 aromatic carbocycles. The minimum absolute atomic E-state index is 0.410. The standard InChI is InChI=1S/C15H19N3O/c1-3-16-13-5-4-6-14-12(13)9-17-15(18-14)11-7-8-19-10(11)2/h7-9,13,16H,3-6H2,1-2H3. The molecule has 2 aromatic rings. The molecule has 100 valence electrons. The molecule has 1 unspecified atom stereocenters. The molecule has 0 aliphatic heterocycles. The van der Waals surface area contributed by atoms with E-state index < -0.39 is 0 Å². The minimum Gasteiger partial charge on any atom is -0.469 e. The Labute approximate surface area is 113 Å². The summed E-state index contributed by atoms with van der Waals surface area (Å²) in [4.78, 5) is 9.25. The topological polar surface area (TPSA) is 51.0 Å². The lowest BCUT2D eigenvalue weighted by Gasteiger charge is -2.25. The highest BCUT2D eigenvalue weighted by atomic mass is 16.3. The quantitative estimate of drug-likeness (QED) is 0.918. The highest BCUT2D eigenvalue weighted by Crippen LogP contribution is 2.30. The van der Waals surface area contributed by atoms with Crippen LogP contribution in [-0.4, -0.2) is 16.5 Å². The van der Waals surface area contributed by atoms with Gasteiger partial charge in [0.15, 0.2) is 5.82 Å². The zero-order valence-corrected chi connectivity index (χ0v) is 11.4. The average Bonchev–Trinajstić information content (AvgIpc) is 2.85. The van der Waals surface area contributed by atoms with E-state index in [-0.39, 0.29) is 0 Å². The molecule has 0 spiro atoms. The fourth-order valence-electron chi connectivity index (χ4n) is 2.75. The molecule has 0 radical (unpaired) electrons. The Balaban J connectivity index is 1.98. The summed E-state index contributed by atoms with van der Waals surface area (Å²) in [6.07, 6.45) is 7.08. The summed E-state index contributed by atoms with van der Waals surface area (Å²) in [5.41, 5.74) is 3.44. The molecule has 1 atom stereocenters. The summed E-state index contributed by atoms with van der Waals surface area (Å²) in [5, 5.41) is 3.51. The van der Waals surface area contributed by atoms with Gasteiger partial charge in [-0.15, -0.1) is 0 Å². The van der Waals surface area contributed by atoms with Crippen molar-refractivity contribution in [1.82, 2.24) is 15.3 Å². The normalized spacial score (nSPS) is 18.3. The van der Waals surface area contributed by atoms with E-state index >= 15 is 0 Å². The van der Waals surface area contributed by atoms with Crippen molar-refractivity contribution in [3.63, 3.8) is 0 Å². The van der Waals surface area contributed by atoms with Gasteiger partial charge in [-0.2, -0.15) is 0 Å². The van der Waals surface area contributed by atoms with Gasteiger partial charge < -0.3 is 9.73 Å². The molecule has 0 saturated heterocycles. The maximum Gasteiger partial charge on any atom is 0.162 e. The van der Waals surface area contributed by atoms with Crippen LogP contribution >= 0.6 is 0 Å². The van der Waals surface area contributed by atoms with Gasteiger partial charge in [-0.1, -0.05) is 6.92 Å². The third-order valence-electron chi connectivity index (χ3n) is 3.73. The summed E-state index contributed by atoms with van der Waals surface area (Å²) in [6.45, 7) is 5.06. The van der Waals surface area contributed by atoms with Crippen molar-refractivity contribution in [2.75, 3.05) is 6.54 Å². The van der Waals surface area contributed by atoms with Crippen LogP contribution in [-0.2, 0) is 6.42 Å². The van der Waals surface area contributed by atoms with Gasteiger partial charge in [0.25, 0.3) is 0 Å². The van der Waals surface area contributed by atoms with Crippen molar-refractivity contribution in [2.45, 2.75) is 39.2 Å². The van der Waals surface area contributed by atoms with Crippen LogP contribution in [0.25, 0.3) is 11.4 Å². The van der Waals surface area contributed by atoms with Crippen molar-refractivity contribution in [2.24, 2.45) is 0 Å². The van der Waals surface area contributed by atoms with Crippen molar-refractivity contribution in [3.8, 4) is 11.4 Å². The number of nitrogens with zero attached hydrogens (tertiary/aromatic N) is 2. The van der Waals surface area contributed by atoms with Crippen molar-refractivity contribution in [3.05, 3.63) is 35.5 Å². The second-order valence-corrected chi connectivity index (χ2v) is 4.99. The molecule has 1 aliphatic rings. The number of hydrogen-bond acceptors (Lipinski definition) is 4. The van der Waals surface area contributed by atoms with Gasteiger partial charge in [-0.05, 0) is 38.8 Å². The zero-order chi connectivity index (χ0) is 13.2. The van der Waals surface area contributed by atoms with Crippen LogP contribution in [0.2, 0.25) is 0 Å². The van der Waals surface area contributed by atoms with Gasteiger partial charge in [0.1, 0.15) is 5.76 Å². The molecule has 3 rings (SSSR count). The van der Waals surface area contributed by atoms with E-state index in [1.54, 1.807) is 6.26 Å². The number of furan rings is 1. The fraction of sp³-hybridized carbons (Fsp3) is 0.467. The first-order valence-corrected chi connectivity index (χ1v) is 6.93. The third-order valence-corrected chi connectivity index (χ3v) is 3.73. The van der Waals surface area contributed by atoms with Gasteiger partial charge in [0, 0.05) is 23.5 Å². The summed E-state index contributed by atoms with van der Waals surface area (Å²) in [7, 11) is 0. The van der Waals surface area contributed by atoms with Crippen molar-refractivity contribution in [1.29, 1.82) is 0 Å². The zero-order valence-electron chi connectivity index (χ0n) is 11.4. The second kappa shape index (κ2) is 5.13. The fourth-order valence-corrected chi connectivity index (χ4v) is 2.75. The molecule has 2 aromatic heterocycles. The third kappa shape index (κ3) is 2.28. The van der Waals surface area contributed by atoms with E-state index in [0.29, 0.717) is 6.04 Å². The van der Waals surface area contributed by atoms with Crippen LogP contribution in [0.1, 0.15) is 42.8 Å². The van der Waals surface area contributed by atoms with Gasteiger partial charge in [0.05, 0.1) is 11.8 Å². The van der Waals surface area contributed by atoms with Gasteiger partial charge in [0.2, 0.25) is 0 Å². The highest BCUT2D eigenvalue weighted by molar-refractivity contribution is 5.57. The molecular formula is C15H19N3O. The smallest absolute Gasteiger partial charge is 0.162 e. The number of fused-ring (bicyclic) bond motifs is 1. The van der Waals surface area contributed by atoms with E-state index in [0.717, 1.165) is 30.1 Å². The van der Waals surface area contributed by atoms with Crippen LogP contribution in [0, 0.1) is 6.92 Å². The average molecular weight is 257 g/mol. The molecule has 2 heterocycles. The molecule has 0 amide bonds. The Hall–Kier alpha value is -1.68. The molecule has 1 aliphatic carbocycles. The van der Waals surface area contributed by atoms with Crippen molar-refractivity contribution < 1.29 is 4.42 Å². The first-order chi connectivity index (χ1) is 9.29. The molecule has 4 heteroatoms. The van der Waals surface area contributed by atoms with E-state index in [1.165, 1.54) is 24.1 Å². The van der Waals surface area contributed by atoms with Crippen LogP contribution in [0.15, 0.2) is 22.9 Å². The number of nitrogens with one attached hydrogen (secondary N) is 1. The SMILES string of the molecule is CCNC1CCCc2nc(-c3ccoc3C)ncc21. The Kier molecular flexibility index (Phi) is 3.34. The van der Waals surface area contributed by atoms with Crippen LogP contribution < -0.4 is 5.32 Å². The molecular weight excluding hydrogens is 238 g/mol. The second-order valence-electron chi connectivity index (χ2n) is 4.99. The Bertz CT molecular complexity index is 577. The van der Waals surface area contributed by atoms with E-state index in [1.807, 2.05) is 19.2 Å². The Morgan fingerprint density at radius 2 is 2.37 bits per heavy atom. The van der Waals surface area contributed by atoms with Gasteiger partial charge >= 0.3 is 0 Å². The first-order valence-electron chi connectivity index (χ1n) is 6.93. The molecule has 0 fully saturated rings. The van der Waals surface area contributed by atoms with Gasteiger partial charge in [-0.25, -0.2) is 9.97 Å². The number of aryl methyl sites for hydroxylation is 2. The lowest BCUT2D eigenvalue weighted by atomic mass is 9.92. The predicted molar refractivity (Wildman–Crippen MR) is 73.8 cm³/mol. The van der Waals surface area contributed by atoms with Crippen LogP contribution in [0.4, 0.5) is 0 Å². The number of aromatic nitrogens is 2. The van der Waals surface area contributed by atoms with E-state index in [2.05, 4.69) is 17.2 Å². The molecule has 19 heavy (non-hydrogen) atoms. The van der Waals surface area contributed by atoms with E-state index in [9.17, 15) is 0 Å². The van der Waals surface area contributed by atoms with E-state index in [4.69, 9.17) is 9.40 Å². The first kappa shape index (κ1) is 12.4.